The Labute approximate surface area is 75.2 Å². The highest BCUT2D eigenvalue weighted by Crippen LogP contribution is 2.18. The Hall–Kier alpha value is -0.790. The van der Waals surface area contributed by atoms with Crippen molar-refractivity contribution in [1.82, 2.24) is 0 Å². The summed E-state index contributed by atoms with van der Waals surface area (Å²) >= 11 is 5.74. The van der Waals surface area contributed by atoms with Crippen LogP contribution in [0, 0.1) is 10.7 Å². The number of hydrogen-bond acceptors (Lipinski definition) is 4. The molecule has 0 bridgehead atoms. The summed E-state index contributed by atoms with van der Waals surface area (Å²) in [6.07, 6.45) is 0. The minimum absolute atomic E-state index is 0.877. The Morgan fingerprint density at radius 2 is 2.00 bits per heavy atom. The third-order valence-electron chi connectivity index (χ3n) is 1.14. The molecule has 1 N–H and O–H groups in total. The summed E-state index contributed by atoms with van der Waals surface area (Å²) in [4.78, 5) is 0.932. The third-order valence-corrected chi connectivity index (χ3v) is 1.97. The molecule has 4 heteroatoms. The zero-order valence-corrected chi connectivity index (χ0v) is 7.21. The van der Waals surface area contributed by atoms with E-state index in [4.69, 9.17) is 5.26 Å². The standard InChI is InChI=1S/C7H5N2S2/c8-5-11-7-3-1-6(9-10)2-4-7/h1-4,9H/q-1. The highest BCUT2D eigenvalue weighted by atomic mass is 32.2. The molecule has 0 aliphatic carbocycles. The van der Waals surface area contributed by atoms with Crippen LogP contribution in [0.2, 0.25) is 0 Å². The first-order valence-corrected chi connectivity index (χ1v) is 4.13. The van der Waals surface area contributed by atoms with Gasteiger partial charge in [0.05, 0.1) is 0 Å². The number of anilines is 1. The van der Waals surface area contributed by atoms with Crippen molar-refractivity contribution in [3.63, 3.8) is 0 Å². The number of nitriles is 1. The lowest BCUT2D eigenvalue weighted by molar-refractivity contribution is 1.47. The molecule has 0 aliphatic rings. The number of benzene rings is 1. The molecule has 0 unspecified atom stereocenters. The van der Waals surface area contributed by atoms with Crippen LogP contribution in [-0.2, 0) is 12.8 Å². The maximum Gasteiger partial charge on any atom is 0.138 e. The van der Waals surface area contributed by atoms with Gasteiger partial charge in [0.25, 0.3) is 0 Å². The molecule has 56 valence electrons. The van der Waals surface area contributed by atoms with Crippen LogP contribution in [0.15, 0.2) is 29.2 Å². The third kappa shape index (κ3) is 2.37. The zero-order valence-electron chi connectivity index (χ0n) is 5.57. The van der Waals surface area contributed by atoms with E-state index in [1.54, 1.807) is 0 Å². The summed E-state index contributed by atoms with van der Waals surface area (Å²) < 4.78 is 2.59. The van der Waals surface area contributed by atoms with Crippen molar-refractivity contribution < 1.29 is 0 Å². The summed E-state index contributed by atoms with van der Waals surface area (Å²) in [7, 11) is 0. The van der Waals surface area contributed by atoms with E-state index < -0.39 is 0 Å². The van der Waals surface area contributed by atoms with Crippen LogP contribution in [-0.4, -0.2) is 0 Å². The second-order valence-corrected chi connectivity index (χ2v) is 2.88. The molecule has 0 aromatic heterocycles. The minimum atomic E-state index is 0.877. The van der Waals surface area contributed by atoms with E-state index in [0.29, 0.717) is 0 Å². The van der Waals surface area contributed by atoms with Gasteiger partial charge in [-0.1, -0.05) is 0 Å². The molecular weight excluding hydrogens is 176 g/mol. The molecule has 11 heavy (non-hydrogen) atoms. The van der Waals surface area contributed by atoms with Crippen LogP contribution >= 0.6 is 11.8 Å². The number of nitrogens with zero attached hydrogens (tertiary/aromatic N) is 1. The van der Waals surface area contributed by atoms with Crippen molar-refractivity contribution in [2.24, 2.45) is 0 Å². The molecule has 1 rings (SSSR count). The van der Waals surface area contributed by atoms with Gasteiger partial charge in [-0.3, -0.25) is 0 Å². The normalized spacial score (nSPS) is 8.73. The molecule has 0 saturated carbocycles. The van der Waals surface area contributed by atoms with Crippen LogP contribution in [0.3, 0.4) is 0 Å². The predicted molar refractivity (Wildman–Crippen MR) is 48.9 cm³/mol. The van der Waals surface area contributed by atoms with Crippen LogP contribution in [0.1, 0.15) is 0 Å². The summed E-state index contributed by atoms with van der Waals surface area (Å²) in [6, 6.07) is 7.38. The van der Waals surface area contributed by atoms with E-state index in [1.807, 2.05) is 29.7 Å². The molecule has 0 spiro atoms. The van der Waals surface area contributed by atoms with Gasteiger partial charge in [0, 0.05) is 10.6 Å². The molecule has 0 aliphatic heterocycles. The molecule has 0 amide bonds. The minimum Gasteiger partial charge on any atom is -0.670 e. The van der Waals surface area contributed by atoms with E-state index >= 15 is 0 Å². The fourth-order valence-electron chi connectivity index (χ4n) is 0.644. The van der Waals surface area contributed by atoms with Gasteiger partial charge in [-0.2, -0.15) is 5.26 Å². The van der Waals surface area contributed by atoms with Gasteiger partial charge >= 0.3 is 0 Å². The Morgan fingerprint density at radius 1 is 1.36 bits per heavy atom. The molecule has 1 aromatic rings. The first-order chi connectivity index (χ1) is 5.36. The van der Waals surface area contributed by atoms with E-state index in [0.717, 1.165) is 22.3 Å². The van der Waals surface area contributed by atoms with Crippen LogP contribution < -0.4 is 4.72 Å². The Kier molecular flexibility index (Phi) is 3.14. The zero-order chi connectivity index (χ0) is 8.10. The SMILES string of the molecule is N#CSc1ccc(N[S-])cc1. The first-order valence-electron chi connectivity index (χ1n) is 2.91. The molecule has 0 saturated heterocycles. The van der Waals surface area contributed by atoms with Gasteiger partial charge in [-0.15, -0.1) is 0 Å². The fraction of sp³-hybridized carbons (Fsp3) is 0. The average Bonchev–Trinajstić information content (AvgIpc) is 2.07. The molecule has 0 heterocycles. The monoisotopic (exact) mass is 181 g/mol. The highest BCUT2D eigenvalue weighted by molar-refractivity contribution is 8.03. The average molecular weight is 181 g/mol. The smallest absolute Gasteiger partial charge is 0.138 e. The van der Waals surface area contributed by atoms with Crippen molar-refractivity contribution in [3.8, 4) is 5.40 Å². The molecule has 0 atom stereocenters. The predicted octanol–water partition coefficient (Wildman–Crippen LogP) is 2.13. The summed E-state index contributed by atoms with van der Waals surface area (Å²) in [5.41, 5.74) is 0.877. The maximum atomic E-state index is 8.32. The van der Waals surface area contributed by atoms with Crippen LogP contribution in [0.5, 0.6) is 0 Å². The lowest BCUT2D eigenvalue weighted by Crippen LogP contribution is -1.83. The quantitative estimate of drug-likeness (QED) is 0.431. The summed E-state index contributed by atoms with van der Waals surface area (Å²) in [5, 5.41) is 10.3. The topological polar surface area (TPSA) is 35.8 Å². The Balaban J connectivity index is 2.76. The van der Waals surface area contributed by atoms with Gasteiger partial charge in [0.2, 0.25) is 0 Å². The molecule has 0 radical (unpaired) electrons. The van der Waals surface area contributed by atoms with Gasteiger partial charge in [0.1, 0.15) is 5.40 Å². The maximum absolute atomic E-state index is 8.32. The summed E-state index contributed by atoms with van der Waals surface area (Å²) in [5.74, 6) is 0. The number of nitrogens with one attached hydrogen (secondary N) is 1. The number of rotatable bonds is 2. The van der Waals surface area contributed by atoms with Crippen molar-refractivity contribution >= 4 is 30.3 Å². The summed E-state index contributed by atoms with van der Waals surface area (Å²) in [6.45, 7) is 0. The van der Waals surface area contributed by atoms with Crippen LogP contribution in [0.25, 0.3) is 0 Å². The molecule has 2 nitrogen and oxygen atoms in total. The van der Waals surface area contributed by atoms with Gasteiger partial charge in [0.15, 0.2) is 0 Å². The Bertz CT molecular complexity index is 263. The molecule has 1 aromatic carbocycles. The number of hydrogen-bond donors (Lipinski definition) is 1. The largest absolute Gasteiger partial charge is 0.670 e. The molecular formula is C7H5N2S2-. The van der Waals surface area contributed by atoms with E-state index in [9.17, 15) is 0 Å². The second-order valence-electron chi connectivity index (χ2n) is 1.82. The van der Waals surface area contributed by atoms with Gasteiger partial charge < -0.3 is 17.5 Å². The van der Waals surface area contributed by atoms with Crippen molar-refractivity contribution in [2.45, 2.75) is 4.90 Å². The highest BCUT2D eigenvalue weighted by Gasteiger charge is 1.89. The Morgan fingerprint density at radius 3 is 2.45 bits per heavy atom. The number of thioether (sulfide) groups is 1. The van der Waals surface area contributed by atoms with E-state index in [1.165, 1.54) is 0 Å². The van der Waals surface area contributed by atoms with Crippen LogP contribution in [0.4, 0.5) is 5.69 Å². The van der Waals surface area contributed by atoms with E-state index in [-0.39, 0.29) is 0 Å². The van der Waals surface area contributed by atoms with Crippen molar-refractivity contribution in [1.29, 1.82) is 5.26 Å². The lowest BCUT2D eigenvalue weighted by Gasteiger charge is -2.08. The lowest BCUT2D eigenvalue weighted by atomic mass is 10.3. The second kappa shape index (κ2) is 4.16. The van der Waals surface area contributed by atoms with Gasteiger partial charge in [-0.25, -0.2) is 0 Å². The van der Waals surface area contributed by atoms with Crippen molar-refractivity contribution in [3.05, 3.63) is 24.3 Å². The van der Waals surface area contributed by atoms with E-state index in [2.05, 4.69) is 17.5 Å². The number of thiocyanates is 1. The fourth-order valence-corrected chi connectivity index (χ4v) is 1.16. The van der Waals surface area contributed by atoms with Gasteiger partial charge in [-0.05, 0) is 36.0 Å². The first kappa shape index (κ1) is 8.31. The molecule has 0 fully saturated rings. The van der Waals surface area contributed by atoms with Crippen molar-refractivity contribution in [2.75, 3.05) is 4.72 Å².